The number of nitrogens with one attached hydrogen (secondary N) is 1. The summed E-state index contributed by atoms with van der Waals surface area (Å²) in [6.07, 6.45) is -0.567. The monoisotopic (exact) mass is 290 g/mol. The van der Waals surface area contributed by atoms with Gasteiger partial charge in [0.15, 0.2) is 0 Å². The van der Waals surface area contributed by atoms with Crippen LogP contribution in [0.1, 0.15) is 33.3 Å². The average molecular weight is 290 g/mol. The summed E-state index contributed by atoms with van der Waals surface area (Å²) in [5.74, 6) is 1.13. The molecule has 0 heterocycles. The normalized spacial score (nSPS) is 14.3. The van der Waals surface area contributed by atoms with Crippen LogP contribution in [0.4, 0.5) is 0 Å². The van der Waals surface area contributed by atoms with Crippen molar-refractivity contribution in [3.63, 3.8) is 0 Å². The molecular weight excluding hydrogens is 264 g/mol. The Morgan fingerprint density at radius 1 is 1.33 bits per heavy atom. The molecule has 116 valence electrons. The molecule has 4 nitrogen and oxygen atoms in total. The zero-order valence-electron chi connectivity index (χ0n) is 13.4. The maximum absolute atomic E-state index is 9.90. The molecule has 4 heteroatoms. The highest BCUT2D eigenvalue weighted by Crippen LogP contribution is 2.24. The smallest absolute Gasteiger partial charge is 0.120 e. The van der Waals surface area contributed by atoms with E-state index in [1.165, 1.54) is 0 Å². The number of aliphatic hydroxyl groups excluding tert-OH is 1. The molecule has 0 aliphatic carbocycles. The predicted octanol–water partition coefficient (Wildman–Crippen LogP) is 2.57. The van der Waals surface area contributed by atoms with Crippen LogP contribution in [0.25, 0.3) is 0 Å². The molecule has 0 saturated carbocycles. The Morgan fingerprint density at radius 3 is 2.67 bits per heavy atom. The molecule has 2 atom stereocenters. The molecular formula is C17H26N2O2. The maximum atomic E-state index is 9.90. The Labute approximate surface area is 127 Å². The summed E-state index contributed by atoms with van der Waals surface area (Å²) >= 11 is 0. The van der Waals surface area contributed by atoms with Crippen LogP contribution in [0, 0.1) is 22.7 Å². The number of rotatable bonds is 7. The summed E-state index contributed by atoms with van der Waals surface area (Å²) in [5.41, 5.74) is 0.811. The Hall–Kier alpha value is -1.57. The second-order valence-electron chi connectivity index (χ2n) is 6.53. The van der Waals surface area contributed by atoms with E-state index in [2.05, 4.69) is 39.1 Å². The first kappa shape index (κ1) is 17.5. The van der Waals surface area contributed by atoms with Gasteiger partial charge >= 0.3 is 0 Å². The number of aliphatic hydroxyl groups is 1. The Morgan fingerprint density at radius 2 is 2.05 bits per heavy atom. The quantitative estimate of drug-likeness (QED) is 0.810. The van der Waals surface area contributed by atoms with E-state index in [1.54, 1.807) is 24.3 Å². The molecule has 0 spiro atoms. The van der Waals surface area contributed by atoms with E-state index < -0.39 is 6.10 Å². The van der Waals surface area contributed by atoms with Gasteiger partial charge < -0.3 is 15.2 Å². The lowest BCUT2D eigenvalue weighted by Crippen LogP contribution is -2.36. The molecule has 0 amide bonds. The van der Waals surface area contributed by atoms with E-state index in [0.29, 0.717) is 23.8 Å². The number of benzene rings is 1. The van der Waals surface area contributed by atoms with Gasteiger partial charge in [-0.05, 0) is 36.1 Å². The molecule has 1 rings (SSSR count). The number of nitriles is 1. The third kappa shape index (κ3) is 6.61. The van der Waals surface area contributed by atoms with Crippen LogP contribution in [0.15, 0.2) is 24.3 Å². The number of nitrogens with zero attached hydrogens (tertiary/aromatic N) is 1. The largest absolute Gasteiger partial charge is 0.491 e. The Balaban J connectivity index is 2.28. The van der Waals surface area contributed by atoms with Crippen LogP contribution in [0.2, 0.25) is 0 Å². The van der Waals surface area contributed by atoms with Crippen molar-refractivity contribution in [3.05, 3.63) is 29.8 Å². The van der Waals surface area contributed by atoms with Gasteiger partial charge in [0.2, 0.25) is 0 Å². The molecule has 0 aliphatic heterocycles. The van der Waals surface area contributed by atoms with E-state index in [-0.39, 0.29) is 12.0 Å². The molecule has 1 aromatic rings. The van der Waals surface area contributed by atoms with E-state index in [9.17, 15) is 5.11 Å². The second kappa shape index (κ2) is 8.02. The van der Waals surface area contributed by atoms with Crippen molar-refractivity contribution in [2.45, 2.75) is 33.8 Å². The summed E-state index contributed by atoms with van der Waals surface area (Å²) in [7, 11) is 0. The lowest BCUT2D eigenvalue weighted by atomic mass is 9.82. The summed E-state index contributed by atoms with van der Waals surface area (Å²) in [4.78, 5) is 0. The van der Waals surface area contributed by atoms with E-state index in [1.807, 2.05) is 0 Å². The predicted molar refractivity (Wildman–Crippen MR) is 84.1 cm³/mol. The van der Waals surface area contributed by atoms with Crippen LogP contribution in [-0.4, -0.2) is 30.9 Å². The van der Waals surface area contributed by atoms with E-state index in [4.69, 9.17) is 10.00 Å². The summed E-state index contributed by atoms with van der Waals surface area (Å²) in [6, 6.07) is 9.00. The van der Waals surface area contributed by atoms with Gasteiger partial charge in [-0.25, -0.2) is 0 Å². The van der Waals surface area contributed by atoms with Crippen molar-refractivity contribution >= 4 is 0 Å². The highest BCUT2D eigenvalue weighted by molar-refractivity contribution is 5.36. The van der Waals surface area contributed by atoms with Gasteiger partial charge in [-0.15, -0.1) is 0 Å². The number of hydrogen-bond donors (Lipinski definition) is 2. The zero-order valence-corrected chi connectivity index (χ0v) is 13.4. The maximum Gasteiger partial charge on any atom is 0.120 e. The van der Waals surface area contributed by atoms with Gasteiger partial charge in [-0.2, -0.15) is 5.26 Å². The first-order valence-corrected chi connectivity index (χ1v) is 7.34. The van der Waals surface area contributed by atoms with Crippen molar-refractivity contribution in [1.82, 2.24) is 5.32 Å². The van der Waals surface area contributed by atoms with E-state index >= 15 is 0 Å². The van der Waals surface area contributed by atoms with Crippen molar-refractivity contribution in [2.24, 2.45) is 11.3 Å². The number of ether oxygens (including phenoxy) is 1. The van der Waals surface area contributed by atoms with Crippen molar-refractivity contribution in [3.8, 4) is 11.8 Å². The molecule has 0 aliphatic rings. The van der Waals surface area contributed by atoms with Gasteiger partial charge in [0.25, 0.3) is 0 Å². The minimum atomic E-state index is -0.567. The topological polar surface area (TPSA) is 65.3 Å². The fourth-order valence-electron chi connectivity index (χ4n) is 1.68. The van der Waals surface area contributed by atoms with Gasteiger partial charge in [-0.1, -0.05) is 33.8 Å². The molecule has 0 radical (unpaired) electrons. The van der Waals surface area contributed by atoms with Crippen molar-refractivity contribution < 1.29 is 9.84 Å². The van der Waals surface area contributed by atoms with Gasteiger partial charge in [0, 0.05) is 6.54 Å². The van der Waals surface area contributed by atoms with Crippen LogP contribution in [-0.2, 0) is 0 Å². The summed E-state index contributed by atoms with van der Waals surface area (Å²) in [6.45, 7) is 10.4. The summed E-state index contributed by atoms with van der Waals surface area (Å²) in [5, 5.41) is 22.0. The fourth-order valence-corrected chi connectivity index (χ4v) is 1.68. The lowest BCUT2D eigenvalue weighted by Gasteiger charge is -2.27. The first-order chi connectivity index (χ1) is 9.82. The van der Waals surface area contributed by atoms with Crippen molar-refractivity contribution in [2.75, 3.05) is 19.7 Å². The second-order valence-corrected chi connectivity index (χ2v) is 6.53. The van der Waals surface area contributed by atoms with Gasteiger partial charge in [0.1, 0.15) is 18.5 Å². The average Bonchev–Trinajstić information content (AvgIpc) is 2.44. The van der Waals surface area contributed by atoms with Crippen LogP contribution in [0.5, 0.6) is 5.75 Å². The molecule has 0 saturated heterocycles. The third-order valence-corrected chi connectivity index (χ3v) is 3.71. The van der Waals surface area contributed by atoms with Crippen LogP contribution < -0.4 is 10.1 Å². The third-order valence-electron chi connectivity index (χ3n) is 3.71. The van der Waals surface area contributed by atoms with Gasteiger partial charge in [0.05, 0.1) is 11.6 Å². The van der Waals surface area contributed by atoms with Gasteiger partial charge in [-0.3, -0.25) is 0 Å². The zero-order chi connectivity index (χ0) is 15.9. The number of hydrogen-bond acceptors (Lipinski definition) is 4. The molecule has 0 bridgehead atoms. The Bertz CT molecular complexity index is 474. The Kier molecular flexibility index (Phi) is 6.67. The van der Waals surface area contributed by atoms with Crippen molar-refractivity contribution in [1.29, 1.82) is 5.26 Å². The van der Waals surface area contributed by atoms with Crippen LogP contribution in [0.3, 0.4) is 0 Å². The molecule has 1 aromatic carbocycles. The fraction of sp³-hybridized carbons (Fsp3) is 0.588. The minimum absolute atomic E-state index is 0.214. The highest BCUT2D eigenvalue weighted by atomic mass is 16.5. The molecule has 21 heavy (non-hydrogen) atoms. The molecule has 0 fully saturated rings. The highest BCUT2D eigenvalue weighted by Gasteiger charge is 2.19. The van der Waals surface area contributed by atoms with Crippen LogP contribution >= 0.6 is 0 Å². The van der Waals surface area contributed by atoms with E-state index in [0.717, 1.165) is 6.54 Å². The molecule has 2 N–H and O–H groups in total. The standard InChI is InChI=1S/C17H26N2O2/c1-13(17(2,3)4)10-19-11-15(20)12-21-16-7-5-6-14(8-16)9-18/h5-8,13,15,19-20H,10-12H2,1-4H3. The molecule has 0 aromatic heterocycles. The summed E-state index contributed by atoms with van der Waals surface area (Å²) < 4.78 is 5.49. The first-order valence-electron chi connectivity index (χ1n) is 7.34. The minimum Gasteiger partial charge on any atom is -0.491 e. The SMILES string of the molecule is CC(CNCC(O)COc1cccc(C#N)c1)C(C)(C)C. The lowest BCUT2D eigenvalue weighted by molar-refractivity contribution is 0.103. The molecule has 2 unspecified atom stereocenters.